The van der Waals surface area contributed by atoms with Gasteiger partial charge in [0.15, 0.2) is 0 Å². The van der Waals surface area contributed by atoms with E-state index in [1.807, 2.05) is 0 Å². The van der Waals surface area contributed by atoms with Crippen LogP contribution < -0.4 is 11.1 Å². The molecule has 2 unspecified atom stereocenters. The van der Waals surface area contributed by atoms with Gasteiger partial charge in [-0.2, -0.15) is 13.2 Å². The van der Waals surface area contributed by atoms with Crippen LogP contribution in [0.25, 0.3) is 0 Å². The fraction of sp³-hybridized carbons (Fsp3) is 0.571. The predicted octanol–water partition coefficient (Wildman–Crippen LogP) is 3.63. The van der Waals surface area contributed by atoms with E-state index in [4.69, 9.17) is 5.73 Å². The van der Waals surface area contributed by atoms with Gasteiger partial charge in [0.2, 0.25) is 0 Å². The molecule has 2 rings (SSSR count). The summed E-state index contributed by atoms with van der Waals surface area (Å²) in [6.07, 6.45) is -0.133. The lowest BCUT2D eigenvalue weighted by Gasteiger charge is -2.29. The van der Waals surface area contributed by atoms with E-state index in [2.05, 4.69) is 5.32 Å². The number of para-hydroxylation sites is 1. The van der Waals surface area contributed by atoms with Gasteiger partial charge in [0.05, 0.1) is 5.56 Å². The van der Waals surface area contributed by atoms with E-state index in [9.17, 15) is 13.2 Å². The molecule has 5 heteroatoms. The molecular formula is C14H19F3N2. The standard InChI is InChI=1S/C14H19F3N2/c15-14(16,17)11-6-2-4-8-13(11)19-9-10-5-1-3-7-12(10)18/h2,4,6,8,10,12,19H,1,3,5,7,9,18H2. The zero-order chi connectivity index (χ0) is 13.9. The minimum absolute atomic E-state index is 0.0966. The molecule has 0 aromatic heterocycles. The SMILES string of the molecule is NC1CCCCC1CNc1ccccc1C(F)(F)F. The molecule has 1 fully saturated rings. The first kappa shape index (κ1) is 14.2. The molecule has 1 saturated carbocycles. The molecule has 0 radical (unpaired) electrons. The normalized spacial score (nSPS) is 24.2. The average Bonchev–Trinajstić information content (AvgIpc) is 2.37. The lowest BCUT2D eigenvalue weighted by atomic mass is 9.85. The Labute approximate surface area is 111 Å². The summed E-state index contributed by atoms with van der Waals surface area (Å²) in [5.74, 6) is 0.259. The molecule has 1 aromatic rings. The minimum Gasteiger partial charge on any atom is -0.384 e. The highest BCUT2D eigenvalue weighted by Gasteiger charge is 2.33. The van der Waals surface area contributed by atoms with E-state index in [0.29, 0.717) is 6.54 Å². The number of benzene rings is 1. The molecule has 1 aliphatic carbocycles. The maximum absolute atomic E-state index is 12.8. The Hall–Kier alpha value is -1.23. The van der Waals surface area contributed by atoms with Crippen LogP contribution in [0, 0.1) is 5.92 Å². The fourth-order valence-electron chi connectivity index (χ4n) is 2.62. The molecule has 0 bridgehead atoms. The van der Waals surface area contributed by atoms with E-state index in [-0.39, 0.29) is 17.6 Å². The predicted molar refractivity (Wildman–Crippen MR) is 69.9 cm³/mol. The Morgan fingerprint density at radius 1 is 1.16 bits per heavy atom. The van der Waals surface area contributed by atoms with Crippen molar-refractivity contribution in [2.45, 2.75) is 37.9 Å². The van der Waals surface area contributed by atoms with Crippen LogP contribution in [0.15, 0.2) is 24.3 Å². The highest BCUT2D eigenvalue weighted by molar-refractivity contribution is 5.52. The summed E-state index contributed by atoms with van der Waals surface area (Å²) >= 11 is 0. The van der Waals surface area contributed by atoms with Crippen LogP contribution in [0.5, 0.6) is 0 Å². The Balaban J connectivity index is 2.03. The van der Waals surface area contributed by atoms with Crippen LogP contribution in [0.2, 0.25) is 0 Å². The summed E-state index contributed by atoms with van der Waals surface area (Å²) in [5, 5.41) is 2.92. The van der Waals surface area contributed by atoms with Crippen LogP contribution in [0.4, 0.5) is 18.9 Å². The molecule has 0 heterocycles. The largest absolute Gasteiger partial charge is 0.418 e. The van der Waals surface area contributed by atoms with Crippen molar-refractivity contribution in [3.8, 4) is 0 Å². The van der Waals surface area contributed by atoms with Crippen LogP contribution >= 0.6 is 0 Å². The first-order valence-electron chi connectivity index (χ1n) is 6.64. The molecule has 0 spiro atoms. The van der Waals surface area contributed by atoms with Gasteiger partial charge < -0.3 is 11.1 Å². The maximum atomic E-state index is 12.8. The van der Waals surface area contributed by atoms with Gasteiger partial charge in [-0.25, -0.2) is 0 Å². The smallest absolute Gasteiger partial charge is 0.384 e. The third kappa shape index (κ3) is 3.62. The van der Waals surface area contributed by atoms with Crippen molar-refractivity contribution >= 4 is 5.69 Å². The molecule has 1 aliphatic rings. The van der Waals surface area contributed by atoms with Crippen LogP contribution in [-0.2, 0) is 6.18 Å². The summed E-state index contributed by atoms with van der Waals surface area (Å²) in [6, 6.07) is 5.68. The van der Waals surface area contributed by atoms with Gasteiger partial charge in [0.25, 0.3) is 0 Å². The maximum Gasteiger partial charge on any atom is 0.418 e. The van der Waals surface area contributed by atoms with Gasteiger partial charge in [-0.3, -0.25) is 0 Å². The molecule has 0 aliphatic heterocycles. The van der Waals surface area contributed by atoms with E-state index in [1.54, 1.807) is 6.07 Å². The van der Waals surface area contributed by atoms with Crippen LogP contribution in [-0.4, -0.2) is 12.6 Å². The number of anilines is 1. The lowest BCUT2D eigenvalue weighted by Crippen LogP contribution is -2.37. The summed E-state index contributed by atoms with van der Waals surface area (Å²) in [6.45, 7) is 0.508. The van der Waals surface area contributed by atoms with E-state index >= 15 is 0 Å². The summed E-state index contributed by atoms with van der Waals surface area (Å²) in [7, 11) is 0. The molecular weight excluding hydrogens is 253 g/mol. The second-order valence-electron chi connectivity index (χ2n) is 5.13. The number of hydrogen-bond donors (Lipinski definition) is 2. The highest BCUT2D eigenvalue weighted by atomic mass is 19.4. The van der Waals surface area contributed by atoms with Crippen molar-refractivity contribution in [1.82, 2.24) is 0 Å². The summed E-state index contributed by atoms with van der Waals surface area (Å²) in [4.78, 5) is 0. The molecule has 0 saturated heterocycles. The zero-order valence-corrected chi connectivity index (χ0v) is 10.7. The summed E-state index contributed by atoms with van der Waals surface area (Å²) < 4.78 is 38.5. The molecule has 0 amide bonds. The van der Waals surface area contributed by atoms with Gasteiger partial charge in [0, 0.05) is 18.3 Å². The van der Waals surface area contributed by atoms with Gasteiger partial charge in [-0.05, 0) is 30.9 Å². The third-order valence-electron chi connectivity index (χ3n) is 3.76. The fourth-order valence-corrected chi connectivity index (χ4v) is 2.62. The van der Waals surface area contributed by atoms with Crippen LogP contribution in [0.3, 0.4) is 0 Å². The molecule has 2 atom stereocenters. The number of nitrogens with two attached hydrogens (primary N) is 1. The quantitative estimate of drug-likeness (QED) is 0.881. The van der Waals surface area contributed by atoms with E-state index < -0.39 is 11.7 Å². The second-order valence-corrected chi connectivity index (χ2v) is 5.13. The highest BCUT2D eigenvalue weighted by Crippen LogP contribution is 2.35. The number of rotatable bonds is 3. The second kappa shape index (κ2) is 5.82. The third-order valence-corrected chi connectivity index (χ3v) is 3.76. The van der Waals surface area contributed by atoms with Crippen molar-refractivity contribution < 1.29 is 13.2 Å². The Kier molecular flexibility index (Phi) is 4.34. The van der Waals surface area contributed by atoms with E-state index in [1.165, 1.54) is 12.1 Å². The molecule has 3 N–H and O–H groups in total. The van der Waals surface area contributed by atoms with Crippen molar-refractivity contribution in [3.05, 3.63) is 29.8 Å². The molecule has 1 aromatic carbocycles. The van der Waals surface area contributed by atoms with Crippen LogP contribution in [0.1, 0.15) is 31.2 Å². The van der Waals surface area contributed by atoms with Gasteiger partial charge in [-0.1, -0.05) is 25.0 Å². The Morgan fingerprint density at radius 2 is 1.84 bits per heavy atom. The molecule has 19 heavy (non-hydrogen) atoms. The number of hydrogen-bond acceptors (Lipinski definition) is 2. The monoisotopic (exact) mass is 272 g/mol. The first-order chi connectivity index (χ1) is 8.98. The van der Waals surface area contributed by atoms with Gasteiger partial charge in [0.1, 0.15) is 0 Å². The lowest BCUT2D eigenvalue weighted by molar-refractivity contribution is -0.136. The van der Waals surface area contributed by atoms with Crippen molar-refractivity contribution in [3.63, 3.8) is 0 Å². The van der Waals surface area contributed by atoms with Gasteiger partial charge >= 0.3 is 6.18 Å². The minimum atomic E-state index is -4.32. The number of alkyl halides is 3. The average molecular weight is 272 g/mol. The number of nitrogens with one attached hydrogen (secondary N) is 1. The van der Waals surface area contributed by atoms with Crippen molar-refractivity contribution in [2.24, 2.45) is 11.7 Å². The van der Waals surface area contributed by atoms with Gasteiger partial charge in [-0.15, -0.1) is 0 Å². The zero-order valence-electron chi connectivity index (χ0n) is 10.7. The van der Waals surface area contributed by atoms with Crippen molar-refractivity contribution in [1.29, 1.82) is 0 Å². The first-order valence-corrected chi connectivity index (χ1v) is 6.64. The number of halogens is 3. The molecule has 106 valence electrons. The Bertz CT molecular complexity index is 417. The summed E-state index contributed by atoms with van der Waals surface area (Å²) in [5.41, 5.74) is 5.54. The van der Waals surface area contributed by atoms with Crippen molar-refractivity contribution in [2.75, 3.05) is 11.9 Å². The topological polar surface area (TPSA) is 38.0 Å². The Morgan fingerprint density at radius 3 is 2.53 bits per heavy atom. The van der Waals surface area contributed by atoms with E-state index in [0.717, 1.165) is 31.7 Å². The molecule has 2 nitrogen and oxygen atoms in total.